The van der Waals surface area contributed by atoms with Crippen molar-refractivity contribution in [1.29, 1.82) is 5.41 Å². The Hall–Kier alpha value is -1.72. The van der Waals surface area contributed by atoms with Crippen LogP contribution in [0.4, 0.5) is 5.82 Å². The van der Waals surface area contributed by atoms with Crippen molar-refractivity contribution in [3.8, 4) is 5.88 Å². The maximum atomic E-state index is 9.16. The van der Waals surface area contributed by atoms with Gasteiger partial charge >= 0.3 is 0 Å². The third-order valence-corrected chi connectivity index (χ3v) is 2.18. The zero-order valence-electron chi connectivity index (χ0n) is 9.44. The smallest absolute Gasteiger partial charge is 0.260 e. The molecule has 0 saturated heterocycles. The van der Waals surface area contributed by atoms with Crippen LogP contribution in [0.2, 0.25) is 0 Å². The SMILES string of the molecule is CCCCCCOc1cc(N)n(O)c(=N)n1. The fraction of sp³-hybridized carbons (Fsp3) is 0.600. The van der Waals surface area contributed by atoms with Gasteiger partial charge in [-0.05, 0) is 6.42 Å². The van der Waals surface area contributed by atoms with E-state index in [0.717, 1.165) is 12.8 Å². The fourth-order valence-corrected chi connectivity index (χ4v) is 1.27. The van der Waals surface area contributed by atoms with Crippen molar-refractivity contribution in [1.82, 2.24) is 9.71 Å². The first kappa shape index (κ1) is 12.4. The maximum Gasteiger partial charge on any atom is 0.260 e. The van der Waals surface area contributed by atoms with Gasteiger partial charge in [0.1, 0.15) is 5.82 Å². The summed E-state index contributed by atoms with van der Waals surface area (Å²) in [6, 6.07) is 1.40. The largest absolute Gasteiger partial charge is 0.477 e. The number of hydrogen-bond acceptors (Lipinski definition) is 5. The summed E-state index contributed by atoms with van der Waals surface area (Å²) < 4.78 is 5.84. The van der Waals surface area contributed by atoms with Crippen molar-refractivity contribution in [3.05, 3.63) is 11.7 Å². The summed E-state index contributed by atoms with van der Waals surface area (Å²) in [7, 11) is 0. The molecule has 6 nitrogen and oxygen atoms in total. The second-order valence-corrected chi connectivity index (χ2v) is 3.56. The number of nitrogen functional groups attached to an aromatic ring is 1. The van der Waals surface area contributed by atoms with Gasteiger partial charge in [-0.2, -0.15) is 4.98 Å². The molecule has 1 rings (SSSR count). The number of ether oxygens (including phenoxy) is 1. The second kappa shape index (κ2) is 5.99. The number of anilines is 1. The average molecular weight is 226 g/mol. The fourth-order valence-electron chi connectivity index (χ4n) is 1.27. The predicted molar refractivity (Wildman–Crippen MR) is 59.3 cm³/mol. The minimum absolute atomic E-state index is 0.0450. The minimum atomic E-state index is -0.330. The Bertz CT molecular complexity index is 389. The maximum absolute atomic E-state index is 9.16. The second-order valence-electron chi connectivity index (χ2n) is 3.56. The minimum Gasteiger partial charge on any atom is -0.477 e. The van der Waals surface area contributed by atoms with E-state index < -0.39 is 0 Å². The van der Waals surface area contributed by atoms with E-state index in [0.29, 0.717) is 11.3 Å². The molecule has 90 valence electrons. The Morgan fingerprint density at radius 3 is 2.88 bits per heavy atom. The van der Waals surface area contributed by atoms with Gasteiger partial charge in [0.05, 0.1) is 6.61 Å². The van der Waals surface area contributed by atoms with Crippen LogP contribution < -0.4 is 16.1 Å². The molecule has 4 N–H and O–H groups in total. The topological polar surface area (TPSA) is 97.1 Å². The van der Waals surface area contributed by atoms with Crippen LogP contribution in [0.15, 0.2) is 6.07 Å². The highest BCUT2D eigenvalue weighted by atomic mass is 16.5. The van der Waals surface area contributed by atoms with Gasteiger partial charge in [0.25, 0.3) is 5.62 Å². The van der Waals surface area contributed by atoms with Gasteiger partial charge in [-0.3, -0.25) is 5.41 Å². The summed E-state index contributed by atoms with van der Waals surface area (Å²) in [6.07, 6.45) is 4.44. The Kier molecular flexibility index (Phi) is 4.63. The quantitative estimate of drug-likeness (QED) is 0.500. The molecule has 0 unspecified atom stereocenters. The first-order chi connectivity index (χ1) is 7.65. The van der Waals surface area contributed by atoms with Crippen LogP contribution in [0.25, 0.3) is 0 Å². The van der Waals surface area contributed by atoms with Crippen molar-refractivity contribution in [2.45, 2.75) is 32.6 Å². The first-order valence-corrected chi connectivity index (χ1v) is 5.41. The van der Waals surface area contributed by atoms with E-state index in [2.05, 4.69) is 11.9 Å². The van der Waals surface area contributed by atoms with Crippen LogP contribution in [0, 0.1) is 5.41 Å². The Balaban J connectivity index is 2.46. The average Bonchev–Trinajstić information content (AvgIpc) is 2.25. The van der Waals surface area contributed by atoms with E-state index in [9.17, 15) is 0 Å². The highest BCUT2D eigenvalue weighted by molar-refractivity contribution is 5.31. The molecule has 0 aromatic carbocycles. The van der Waals surface area contributed by atoms with Gasteiger partial charge in [0, 0.05) is 6.07 Å². The van der Waals surface area contributed by atoms with E-state index in [1.807, 2.05) is 0 Å². The molecule has 6 heteroatoms. The summed E-state index contributed by atoms with van der Waals surface area (Å²) >= 11 is 0. The van der Waals surface area contributed by atoms with E-state index >= 15 is 0 Å². The van der Waals surface area contributed by atoms with Crippen molar-refractivity contribution < 1.29 is 9.94 Å². The Morgan fingerprint density at radius 1 is 1.50 bits per heavy atom. The van der Waals surface area contributed by atoms with E-state index in [-0.39, 0.29) is 17.3 Å². The van der Waals surface area contributed by atoms with Gasteiger partial charge in [0.2, 0.25) is 5.88 Å². The zero-order valence-corrected chi connectivity index (χ0v) is 9.44. The lowest BCUT2D eigenvalue weighted by atomic mass is 10.2. The van der Waals surface area contributed by atoms with Crippen molar-refractivity contribution in [2.75, 3.05) is 12.3 Å². The summed E-state index contributed by atoms with van der Waals surface area (Å²) in [4.78, 5) is 3.73. The van der Waals surface area contributed by atoms with Crippen LogP contribution >= 0.6 is 0 Å². The number of hydrogen-bond donors (Lipinski definition) is 3. The van der Waals surface area contributed by atoms with Crippen LogP contribution in [0.3, 0.4) is 0 Å². The van der Waals surface area contributed by atoms with Gasteiger partial charge in [-0.25, -0.2) is 0 Å². The molecule has 0 amide bonds. The lowest BCUT2D eigenvalue weighted by molar-refractivity contribution is 0.168. The molecular weight excluding hydrogens is 208 g/mol. The van der Waals surface area contributed by atoms with Crippen molar-refractivity contribution >= 4 is 5.82 Å². The Labute approximate surface area is 94.2 Å². The van der Waals surface area contributed by atoms with Crippen LogP contribution in [0.1, 0.15) is 32.6 Å². The molecule has 0 bridgehead atoms. The lowest BCUT2D eigenvalue weighted by Crippen LogP contribution is -2.24. The van der Waals surface area contributed by atoms with Gasteiger partial charge < -0.3 is 15.7 Å². The zero-order chi connectivity index (χ0) is 12.0. The predicted octanol–water partition coefficient (Wildman–Crippen LogP) is 1.14. The molecule has 1 heterocycles. The number of nitrogens with zero attached hydrogens (tertiary/aromatic N) is 2. The highest BCUT2D eigenvalue weighted by Crippen LogP contribution is 2.08. The number of unbranched alkanes of at least 4 members (excludes halogenated alkanes) is 3. The standard InChI is InChI=1S/C10H18N4O2/c1-2-3-4-5-6-16-9-7-8(11)14(15)10(12)13-9/h7,12,15H,2-6,11H2,1H3. The molecule has 1 aromatic rings. The van der Waals surface area contributed by atoms with E-state index in [1.54, 1.807) is 0 Å². The van der Waals surface area contributed by atoms with Crippen molar-refractivity contribution in [2.24, 2.45) is 0 Å². The normalized spacial score (nSPS) is 10.3. The first-order valence-electron chi connectivity index (χ1n) is 5.41. The molecule has 0 atom stereocenters. The Morgan fingerprint density at radius 2 is 2.25 bits per heavy atom. The number of rotatable bonds is 6. The van der Waals surface area contributed by atoms with E-state index in [1.165, 1.54) is 18.9 Å². The molecule has 16 heavy (non-hydrogen) atoms. The molecule has 0 fully saturated rings. The summed E-state index contributed by atoms with van der Waals surface area (Å²) in [5.41, 5.74) is 5.12. The lowest BCUT2D eigenvalue weighted by Gasteiger charge is -2.07. The molecule has 1 aromatic heterocycles. The van der Waals surface area contributed by atoms with Gasteiger partial charge in [-0.15, -0.1) is 4.73 Å². The molecule has 0 saturated carbocycles. The molecule has 0 aliphatic rings. The summed E-state index contributed by atoms with van der Waals surface area (Å²) in [5.74, 6) is 0.327. The monoisotopic (exact) mass is 226 g/mol. The molecular formula is C10H18N4O2. The molecule has 0 aliphatic heterocycles. The number of nitrogens with two attached hydrogens (primary N) is 1. The summed E-state index contributed by atoms with van der Waals surface area (Å²) in [5, 5.41) is 16.4. The third-order valence-electron chi connectivity index (χ3n) is 2.18. The number of aromatic nitrogens is 2. The van der Waals surface area contributed by atoms with Crippen LogP contribution in [-0.2, 0) is 0 Å². The molecule has 0 spiro atoms. The molecule has 0 radical (unpaired) electrons. The van der Waals surface area contributed by atoms with Crippen LogP contribution in [-0.4, -0.2) is 21.5 Å². The highest BCUT2D eigenvalue weighted by Gasteiger charge is 2.02. The summed E-state index contributed by atoms with van der Waals surface area (Å²) in [6.45, 7) is 2.70. The van der Waals surface area contributed by atoms with E-state index in [4.69, 9.17) is 21.1 Å². The molecule has 0 aliphatic carbocycles. The van der Waals surface area contributed by atoms with Gasteiger partial charge in [0.15, 0.2) is 0 Å². The third kappa shape index (κ3) is 3.45. The van der Waals surface area contributed by atoms with Crippen LogP contribution in [0.5, 0.6) is 5.88 Å². The van der Waals surface area contributed by atoms with Crippen molar-refractivity contribution in [3.63, 3.8) is 0 Å². The van der Waals surface area contributed by atoms with Gasteiger partial charge in [-0.1, -0.05) is 26.2 Å². The number of nitrogens with one attached hydrogen (secondary N) is 1.